The zero-order valence-corrected chi connectivity index (χ0v) is 11.3. The maximum Gasteiger partial charge on any atom is 0.238 e. The average molecular weight is 284 g/mol. The molecule has 1 heterocycles. The highest BCUT2D eigenvalue weighted by Gasteiger charge is 2.37. The third-order valence-corrected chi connectivity index (χ3v) is 6.44. The van der Waals surface area contributed by atoms with Gasteiger partial charge in [-0.1, -0.05) is 6.92 Å². The molecule has 17 heavy (non-hydrogen) atoms. The van der Waals surface area contributed by atoms with Crippen molar-refractivity contribution in [3.8, 4) is 0 Å². The predicted molar refractivity (Wildman–Crippen MR) is 62.4 cm³/mol. The van der Waals surface area contributed by atoms with Crippen LogP contribution in [0.4, 0.5) is 0 Å². The molecule has 1 saturated heterocycles. The SMILES string of the molecule is CCC1C(=O)NCCN1S(=O)(=O)CS(C)(=O)=O. The second kappa shape index (κ2) is 4.91. The van der Waals surface area contributed by atoms with Crippen molar-refractivity contribution >= 4 is 25.8 Å². The minimum atomic E-state index is -3.95. The Hall–Kier alpha value is -0.670. The smallest absolute Gasteiger partial charge is 0.238 e. The number of nitrogens with zero attached hydrogens (tertiary/aromatic N) is 1. The van der Waals surface area contributed by atoms with Crippen molar-refractivity contribution < 1.29 is 21.6 Å². The van der Waals surface area contributed by atoms with E-state index in [4.69, 9.17) is 0 Å². The Morgan fingerprint density at radius 3 is 2.41 bits per heavy atom. The fourth-order valence-electron chi connectivity index (χ4n) is 1.75. The highest BCUT2D eigenvalue weighted by atomic mass is 32.3. The molecule has 1 aliphatic rings. The molecular weight excluding hydrogens is 268 g/mol. The number of sulfone groups is 1. The van der Waals surface area contributed by atoms with Gasteiger partial charge in [-0.15, -0.1) is 0 Å². The molecule has 7 nitrogen and oxygen atoms in total. The number of hydrogen-bond donors (Lipinski definition) is 1. The highest BCUT2D eigenvalue weighted by Crippen LogP contribution is 2.15. The van der Waals surface area contributed by atoms with Gasteiger partial charge in [-0.25, -0.2) is 16.8 Å². The number of rotatable bonds is 4. The first kappa shape index (κ1) is 14.4. The average Bonchev–Trinajstić information content (AvgIpc) is 2.13. The number of carbonyl (C=O) groups excluding carboxylic acids is 1. The largest absolute Gasteiger partial charge is 0.353 e. The number of nitrogens with one attached hydrogen (secondary N) is 1. The van der Waals surface area contributed by atoms with Gasteiger partial charge in [0, 0.05) is 19.3 Å². The minimum absolute atomic E-state index is 0.113. The Balaban J connectivity index is 3.01. The summed E-state index contributed by atoms with van der Waals surface area (Å²) < 4.78 is 46.9. The lowest BCUT2D eigenvalue weighted by Crippen LogP contribution is -2.57. The van der Waals surface area contributed by atoms with Crippen LogP contribution in [0.25, 0.3) is 0 Å². The van der Waals surface area contributed by atoms with Gasteiger partial charge in [0.25, 0.3) is 0 Å². The highest BCUT2D eigenvalue weighted by molar-refractivity contribution is 8.06. The zero-order chi connectivity index (χ0) is 13.3. The Morgan fingerprint density at radius 1 is 1.35 bits per heavy atom. The Bertz CT molecular complexity index is 496. The minimum Gasteiger partial charge on any atom is -0.353 e. The van der Waals surface area contributed by atoms with Gasteiger partial charge in [0.1, 0.15) is 6.04 Å². The first-order valence-electron chi connectivity index (χ1n) is 5.12. The zero-order valence-electron chi connectivity index (χ0n) is 9.71. The molecule has 1 fully saturated rings. The molecule has 0 radical (unpaired) electrons. The predicted octanol–water partition coefficient (Wildman–Crippen LogP) is -1.47. The molecule has 1 amide bonds. The van der Waals surface area contributed by atoms with Crippen molar-refractivity contribution in [3.05, 3.63) is 0 Å². The van der Waals surface area contributed by atoms with E-state index in [2.05, 4.69) is 5.32 Å². The third kappa shape index (κ3) is 3.65. The van der Waals surface area contributed by atoms with Crippen LogP contribution in [0.5, 0.6) is 0 Å². The van der Waals surface area contributed by atoms with E-state index < -0.39 is 31.0 Å². The van der Waals surface area contributed by atoms with Crippen LogP contribution in [-0.4, -0.2) is 57.5 Å². The molecule has 0 aromatic rings. The van der Waals surface area contributed by atoms with Crippen LogP contribution in [0.1, 0.15) is 13.3 Å². The topological polar surface area (TPSA) is 101 Å². The molecule has 1 N–H and O–H groups in total. The Labute approximate surface area is 101 Å². The molecule has 1 atom stereocenters. The third-order valence-electron chi connectivity index (χ3n) is 2.39. The molecule has 0 aromatic heterocycles. The maximum atomic E-state index is 11.9. The first-order valence-corrected chi connectivity index (χ1v) is 8.79. The van der Waals surface area contributed by atoms with Crippen LogP contribution in [0.3, 0.4) is 0 Å². The van der Waals surface area contributed by atoms with Gasteiger partial charge in [0.05, 0.1) is 0 Å². The monoisotopic (exact) mass is 284 g/mol. The summed E-state index contributed by atoms with van der Waals surface area (Å²) in [4.78, 5) is 11.5. The van der Waals surface area contributed by atoms with E-state index in [0.29, 0.717) is 6.42 Å². The number of carbonyl (C=O) groups is 1. The van der Waals surface area contributed by atoms with Gasteiger partial charge in [-0.2, -0.15) is 4.31 Å². The molecule has 0 spiro atoms. The Kier molecular flexibility index (Phi) is 4.15. The lowest BCUT2D eigenvalue weighted by atomic mass is 10.2. The second-order valence-corrected chi connectivity index (χ2v) is 8.41. The Morgan fingerprint density at radius 2 is 1.94 bits per heavy atom. The quantitative estimate of drug-likeness (QED) is 0.679. The van der Waals surface area contributed by atoms with Crippen LogP contribution in [-0.2, 0) is 24.7 Å². The van der Waals surface area contributed by atoms with Gasteiger partial charge in [-0.3, -0.25) is 4.79 Å². The van der Waals surface area contributed by atoms with Crippen LogP contribution < -0.4 is 5.32 Å². The van der Waals surface area contributed by atoms with Crippen LogP contribution in [0.2, 0.25) is 0 Å². The van der Waals surface area contributed by atoms with Crippen LogP contribution in [0, 0.1) is 0 Å². The van der Waals surface area contributed by atoms with Crippen molar-refractivity contribution in [2.45, 2.75) is 19.4 Å². The molecule has 0 aliphatic carbocycles. The van der Waals surface area contributed by atoms with Crippen molar-refractivity contribution in [2.75, 3.05) is 24.4 Å². The summed E-state index contributed by atoms with van der Waals surface area (Å²) in [6.07, 6.45) is 1.17. The molecule has 1 unspecified atom stereocenters. The molecule has 100 valence electrons. The molecule has 0 bridgehead atoms. The molecular formula is C8H16N2O5S2. The lowest BCUT2D eigenvalue weighted by Gasteiger charge is -2.33. The van der Waals surface area contributed by atoms with E-state index in [0.717, 1.165) is 10.6 Å². The van der Waals surface area contributed by atoms with E-state index in [1.165, 1.54) is 0 Å². The van der Waals surface area contributed by atoms with Crippen molar-refractivity contribution in [1.82, 2.24) is 9.62 Å². The normalized spacial score (nSPS) is 23.4. The summed E-state index contributed by atoms with van der Waals surface area (Å²) in [6, 6.07) is -0.810. The summed E-state index contributed by atoms with van der Waals surface area (Å²) in [5.74, 6) is -0.379. The van der Waals surface area contributed by atoms with Gasteiger partial charge in [-0.05, 0) is 6.42 Å². The van der Waals surface area contributed by atoms with E-state index in [-0.39, 0.29) is 19.0 Å². The number of sulfonamides is 1. The van der Waals surface area contributed by atoms with Gasteiger partial charge in [0.2, 0.25) is 15.9 Å². The number of piperazine rings is 1. The van der Waals surface area contributed by atoms with E-state index in [9.17, 15) is 21.6 Å². The van der Waals surface area contributed by atoms with Gasteiger partial charge in [0.15, 0.2) is 14.9 Å². The fourth-order valence-corrected chi connectivity index (χ4v) is 5.46. The lowest BCUT2D eigenvalue weighted by molar-refractivity contribution is -0.126. The van der Waals surface area contributed by atoms with Crippen molar-refractivity contribution in [1.29, 1.82) is 0 Å². The molecule has 0 saturated carbocycles. The summed E-state index contributed by atoms with van der Waals surface area (Å²) in [5, 5.41) is 1.60. The number of amides is 1. The summed E-state index contributed by atoms with van der Waals surface area (Å²) in [7, 11) is -7.59. The molecule has 0 aromatic carbocycles. The van der Waals surface area contributed by atoms with E-state index in [1.807, 2.05) is 0 Å². The van der Waals surface area contributed by atoms with Gasteiger partial charge >= 0.3 is 0 Å². The summed E-state index contributed by atoms with van der Waals surface area (Å²) in [6.45, 7) is 2.00. The summed E-state index contributed by atoms with van der Waals surface area (Å²) in [5.41, 5.74) is 0. The first-order chi connectivity index (χ1) is 7.67. The fraction of sp³-hybridized carbons (Fsp3) is 0.875. The van der Waals surface area contributed by atoms with Crippen LogP contribution in [0.15, 0.2) is 0 Å². The number of hydrogen-bond acceptors (Lipinski definition) is 5. The van der Waals surface area contributed by atoms with Crippen LogP contribution >= 0.6 is 0 Å². The molecule has 1 aliphatic heterocycles. The molecule has 1 rings (SSSR count). The summed E-state index contributed by atoms with van der Waals surface area (Å²) >= 11 is 0. The van der Waals surface area contributed by atoms with Crippen molar-refractivity contribution in [2.24, 2.45) is 0 Å². The standard InChI is InChI=1S/C8H16N2O5S2/c1-3-7-8(11)9-4-5-10(7)17(14,15)6-16(2,12)13/h7H,3-6H2,1-2H3,(H,9,11). The van der Waals surface area contributed by atoms with E-state index in [1.54, 1.807) is 6.92 Å². The second-order valence-electron chi connectivity index (χ2n) is 3.98. The van der Waals surface area contributed by atoms with Gasteiger partial charge < -0.3 is 5.32 Å². The van der Waals surface area contributed by atoms with E-state index >= 15 is 0 Å². The maximum absolute atomic E-state index is 11.9. The molecule has 9 heteroatoms. The van der Waals surface area contributed by atoms with Crippen molar-refractivity contribution in [3.63, 3.8) is 0 Å².